The number of alkyl halides is 3. The lowest BCUT2D eigenvalue weighted by atomic mass is 10.1. The summed E-state index contributed by atoms with van der Waals surface area (Å²) in [5.41, 5.74) is -0.543. The van der Waals surface area contributed by atoms with Crippen LogP contribution in [0.4, 0.5) is 13.2 Å². The minimum Gasteiger partial charge on any atom is -0.265 e. The maximum absolute atomic E-state index is 13.3. The number of pyridine rings is 1. The van der Waals surface area contributed by atoms with Crippen molar-refractivity contribution in [3.8, 4) is 0 Å². The highest BCUT2D eigenvalue weighted by Gasteiger charge is 2.42. The Bertz CT molecular complexity index is 873. The number of nitrogens with zero attached hydrogens (tertiary/aromatic N) is 2. The van der Waals surface area contributed by atoms with E-state index in [1.165, 1.54) is 12.4 Å². The fourth-order valence-electron chi connectivity index (χ4n) is 3.02. The van der Waals surface area contributed by atoms with Crippen LogP contribution >= 0.6 is 11.6 Å². The van der Waals surface area contributed by atoms with E-state index in [1.807, 2.05) is 0 Å². The van der Waals surface area contributed by atoms with E-state index in [0.29, 0.717) is 24.5 Å². The first kappa shape index (κ1) is 18.2. The van der Waals surface area contributed by atoms with Gasteiger partial charge in [0, 0.05) is 24.0 Å². The molecule has 0 saturated carbocycles. The Hall–Kier alpha value is -1.64. The summed E-state index contributed by atoms with van der Waals surface area (Å²) in [5.74, 6) is 0. The van der Waals surface area contributed by atoms with Crippen molar-refractivity contribution >= 4 is 21.6 Å². The molecule has 134 valence electrons. The zero-order chi connectivity index (χ0) is 18.2. The van der Waals surface area contributed by atoms with Crippen LogP contribution in [-0.4, -0.2) is 24.3 Å². The minimum atomic E-state index is -4.82. The second-order valence-electron chi connectivity index (χ2n) is 5.69. The molecule has 0 radical (unpaired) electrons. The second kappa shape index (κ2) is 6.59. The maximum Gasteiger partial charge on any atom is 0.417 e. The summed E-state index contributed by atoms with van der Waals surface area (Å²) in [4.78, 5) is 3.11. The third-order valence-corrected chi connectivity index (χ3v) is 6.33. The van der Waals surface area contributed by atoms with Gasteiger partial charge < -0.3 is 0 Å². The molecule has 1 atom stereocenters. The number of rotatable bonds is 3. The van der Waals surface area contributed by atoms with Crippen LogP contribution in [0.3, 0.4) is 0 Å². The summed E-state index contributed by atoms with van der Waals surface area (Å²) in [6, 6.07) is 5.55. The highest BCUT2D eigenvalue weighted by atomic mass is 35.5. The summed E-state index contributed by atoms with van der Waals surface area (Å²) in [6.45, 7) is 0.162. The van der Waals surface area contributed by atoms with Crippen molar-refractivity contribution in [1.29, 1.82) is 0 Å². The minimum absolute atomic E-state index is 0.162. The second-order valence-corrected chi connectivity index (χ2v) is 7.99. The predicted octanol–water partition coefficient (Wildman–Crippen LogP) is 4.28. The van der Waals surface area contributed by atoms with Crippen molar-refractivity contribution in [2.45, 2.75) is 30.0 Å². The molecule has 0 amide bonds. The van der Waals surface area contributed by atoms with Crippen molar-refractivity contribution < 1.29 is 21.6 Å². The van der Waals surface area contributed by atoms with E-state index in [4.69, 9.17) is 11.6 Å². The van der Waals surface area contributed by atoms with E-state index < -0.39 is 32.7 Å². The average Bonchev–Trinajstić information content (AvgIpc) is 3.05. The molecule has 9 heteroatoms. The molecule has 2 heterocycles. The smallest absolute Gasteiger partial charge is 0.265 e. The van der Waals surface area contributed by atoms with Crippen LogP contribution in [0.25, 0.3) is 0 Å². The molecule has 25 heavy (non-hydrogen) atoms. The number of aromatic nitrogens is 1. The number of halogens is 4. The summed E-state index contributed by atoms with van der Waals surface area (Å²) >= 11 is 5.64. The topological polar surface area (TPSA) is 50.3 Å². The van der Waals surface area contributed by atoms with Crippen LogP contribution in [0.5, 0.6) is 0 Å². The quantitative estimate of drug-likeness (QED) is 0.786. The normalized spacial score (nSPS) is 19.3. The molecule has 1 fully saturated rings. The number of hydrogen-bond donors (Lipinski definition) is 0. The van der Waals surface area contributed by atoms with Gasteiger partial charge in [0.05, 0.1) is 16.5 Å². The summed E-state index contributed by atoms with van der Waals surface area (Å²) in [6.07, 6.45) is -0.650. The largest absolute Gasteiger partial charge is 0.417 e. The Morgan fingerprint density at radius 2 is 1.84 bits per heavy atom. The molecule has 3 rings (SSSR count). The van der Waals surface area contributed by atoms with Crippen molar-refractivity contribution in [3.63, 3.8) is 0 Å². The third kappa shape index (κ3) is 3.51. The van der Waals surface area contributed by atoms with E-state index in [2.05, 4.69) is 4.98 Å². The van der Waals surface area contributed by atoms with Crippen molar-refractivity contribution in [3.05, 3.63) is 58.9 Å². The molecular weight excluding hydrogens is 377 g/mol. The Labute approximate surface area is 148 Å². The maximum atomic E-state index is 13.3. The van der Waals surface area contributed by atoms with Gasteiger partial charge in [-0.3, -0.25) is 4.98 Å². The van der Waals surface area contributed by atoms with Gasteiger partial charge in [-0.1, -0.05) is 11.6 Å². The number of sulfonamides is 1. The molecule has 4 nitrogen and oxygen atoms in total. The summed E-state index contributed by atoms with van der Waals surface area (Å²) < 4.78 is 67.0. The summed E-state index contributed by atoms with van der Waals surface area (Å²) in [5, 5.41) is -0.168. The highest BCUT2D eigenvalue weighted by molar-refractivity contribution is 7.89. The Morgan fingerprint density at radius 1 is 1.16 bits per heavy atom. The fraction of sp³-hybridized carbons (Fsp3) is 0.312. The van der Waals surface area contributed by atoms with Gasteiger partial charge in [-0.2, -0.15) is 17.5 Å². The van der Waals surface area contributed by atoms with Crippen LogP contribution in [0.2, 0.25) is 5.02 Å². The molecule has 2 aromatic rings. The average molecular weight is 391 g/mol. The first-order chi connectivity index (χ1) is 11.7. The van der Waals surface area contributed by atoms with Crippen molar-refractivity contribution in [2.24, 2.45) is 0 Å². The lowest BCUT2D eigenvalue weighted by Crippen LogP contribution is -2.32. The molecule has 1 unspecified atom stereocenters. The van der Waals surface area contributed by atoms with Crippen molar-refractivity contribution in [1.82, 2.24) is 9.29 Å². The lowest BCUT2D eigenvalue weighted by Gasteiger charge is -2.26. The number of hydrogen-bond acceptors (Lipinski definition) is 3. The van der Waals surface area contributed by atoms with Crippen LogP contribution in [0.1, 0.15) is 30.0 Å². The highest BCUT2D eigenvalue weighted by Crippen LogP contribution is 2.41. The van der Waals surface area contributed by atoms with Gasteiger partial charge in [-0.15, -0.1) is 0 Å². The Morgan fingerprint density at radius 3 is 2.48 bits per heavy atom. The molecule has 1 saturated heterocycles. The predicted molar refractivity (Wildman–Crippen MR) is 86.6 cm³/mol. The molecular formula is C16H14ClF3N2O2S. The van der Waals surface area contributed by atoms with E-state index in [1.54, 1.807) is 12.1 Å². The molecule has 1 aliphatic heterocycles. The zero-order valence-corrected chi connectivity index (χ0v) is 14.4. The molecule has 1 aromatic carbocycles. The van der Waals surface area contributed by atoms with Crippen LogP contribution < -0.4 is 0 Å². The van der Waals surface area contributed by atoms with E-state index in [9.17, 15) is 21.6 Å². The molecule has 0 bridgehead atoms. The van der Waals surface area contributed by atoms with Gasteiger partial charge in [0.15, 0.2) is 0 Å². The molecule has 1 aromatic heterocycles. The van der Waals surface area contributed by atoms with Gasteiger partial charge in [0.1, 0.15) is 0 Å². The lowest BCUT2D eigenvalue weighted by molar-refractivity contribution is -0.139. The summed E-state index contributed by atoms with van der Waals surface area (Å²) in [7, 11) is -4.33. The monoisotopic (exact) mass is 390 g/mol. The Kier molecular flexibility index (Phi) is 4.78. The fourth-order valence-corrected chi connectivity index (χ4v) is 5.07. The third-order valence-electron chi connectivity index (χ3n) is 4.13. The van der Waals surface area contributed by atoms with Crippen LogP contribution in [0.15, 0.2) is 47.6 Å². The Balaban J connectivity index is 2.08. The molecule has 0 N–H and O–H groups in total. The van der Waals surface area contributed by atoms with Crippen molar-refractivity contribution in [2.75, 3.05) is 6.54 Å². The van der Waals surface area contributed by atoms with Gasteiger partial charge in [0.25, 0.3) is 0 Å². The van der Waals surface area contributed by atoms with E-state index >= 15 is 0 Å². The molecule has 1 aliphatic rings. The van der Waals surface area contributed by atoms with E-state index in [0.717, 1.165) is 16.4 Å². The SMILES string of the molecule is O=S(=O)(c1ccc(Cl)cc1C(F)(F)F)N1CCCC1c1ccncc1. The van der Waals surface area contributed by atoms with Crippen LogP contribution in [0, 0.1) is 0 Å². The zero-order valence-electron chi connectivity index (χ0n) is 12.9. The van der Waals surface area contributed by atoms with Gasteiger partial charge in [-0.25, -0.2) is 8.42 Å². The first-order valence-corrected chi connectivity index (χ1v) is 9.31. The van der Waals surface area contributed by atoms with E-state index in [-0.39, 0.29) is 11.6 Å². The first-order valence-electron chi connectivity index (χ1n) is 7.50. The van der Waals surface area contributed by atoms with Gasteiger partial charge in [0.2, 0.25) is 10.0 Å². The molecule has 0 spiro atoms. The number of benzene rings is 1. The standard InChI is InChI=1S/C16H14ClF3N2O2S/c17-12-3-4-15(13(10-12)16(18,19)20)25(23,24)22-9-1-2-14(22)11-5-7-21-8-6-11/h3-8,10,14H,1-2,9H2. The molecule has 0 aliphatic carbocycles. The van der Waals surface area contributed by atoms with Gasteiger partial charge >= 0.3 is 6.18 Å². The van der Waals surface area contributed by atoms with Crippen LogP contribution in [-0.2, 0) is 16.2 Å². The van der Waals surface area contributed by atoms with Gasteiger partial charge in [-0.05, 0) is 48.7 Å².